The number of rotatable bonds is 3. The number of nitrogens with zero attached hydrogens (tertiary/aromatic N) is 4. The van der Waals surface area contributed by atoms with Crippen molar-refractivity contribution < 1.29 is 9.18 Å². The van der Waals surface area contributed by atoms with Crippen molar-refractivity contribution in [2.75, 3.05) is 5.32 Å². The largest absolute Gasteiger partial charge is 0.296 e. The normalized spacial score (nSPS) is 11.8. The summed E-state index contributed by atoms with van der Waals surface area (Å²) in [5, 5.41) is 15.7. The van der Waals surface area contributed by atoms with Gasteiger partial charge in [0.1, 0.15) is 5.82 Å². The summed E-state index contributed by atoms with van der Waals surface area (Å²) in [6.45, 7) is 8.07. The smallest absolute Gasteiger partial charge is 0.257 e. The number of carbonyl (C=O) groups is 1. The van der Waals surface area contributed by atoms with E-state index in [0.717, 1.165) is 5.56 Å². The lowest BCUT2D eigenvalue weighted by Crippen LogP contribution is -2.14. The Hall–Kier alpha value is -3.13. The molecule has 2 aromatic heterocycles. The minimum Gasteiger partial charge on any atom is -0.296 e. The van der Waals surface area contributed by atoms with Crippen molar-refractivity contribution in [1.29, 1.82) is 0 Å². The topological polar surface area (TPSA) is 72.2 Å². The zero-order valence-corrected chi connectivity index (χ0v) is 17.3. The summed E-state index contributed by atoms with van der Waals surface area (Å²) in [5.41, 5.74) is 2.85. The predicted octanol–water partition coefficient (Wildman–Crippen LogP) is 4.85. The molecule has 0 aliphatic carbocycles. The number of nitrogens with one attached hydrogen (secondary N) is 1. The maximum atomic E-state index is 13.9. The second-order valence-electron chi connectivity index (χ2n) is 7.87. The summed E-state index contributed by atoms with van der Waals surface area (Å²) in [5.74, 6) is -0.148. The van der Waals surface area contributed by atoms with Crippen LogP contribution in [0.25, 0.3) is 16.3 Å². The number of benzene rings is 2. The first-order valence-corrected chi connectivity index (χ1v) is 9.95. The molecule has 0 saturated carbocycles. The summed E-state index contributed by atoms with van der Waals surface area (Å²) < 4.78 is 15.4. The fourth-order valence-electron chi connectivity index (χ4n) is 2.87. The number of amides is 1. The maximum absolute atomic E-state index is 13.9. The molecule has 29 heavy (non-hydrogen) atoms. The van der Waals surface area contributed by atoms with Crippen molar-refractivity contribution in [3.63, 3.8) is 0 Å². The van der Waals surface area contributed by atoms with E-state index in [1.54, 1.807) is 31.2 Å². The minimum atomic E-state index is -0.318. The van der Waals surface area contributed by atoms with E-state index in [4.69, 9.17) is 0 Å². The van der Waals surface area contributed by atoms with Gasteiger partial charge in [0, 0.05) is 11.1 Å². The fourth-order valence-corrected chi connectivity index (χ4v) is 3.60. The number of aryl methyl sites for hydroxylation is 1. The Morgan fingerprint density at radius 3 is 2.48 bits per heavy atom. The van der Waals surface area contributed by atoms with E-state index in [2.05, 4.69) is 41.4 Å². The van der Waals surface area contributed by atoms with Crippen molar-refractivity contribution in [2.45, 2.75) is 33.1 Å². The van der Waals surface area contributed by atoms with Gasteiger partial charge in [-0.1, -0.05) is 56.4 Å². The van der Waals surface area contributed by atoms with Crippen LogP contribution < -0.4 is 5.32 Å². The highest BCUT2D eigenvalue weighted by molar-refractivity contribution is 7.20. The highest BCUT2D eigenvalue weighted by Crippen LogP contribution is 2.26. The number of hydrogen-bond donors (Lipinski definition) is 1. The quantitative estimate of drug-likeness (QED) is 0.525. The summed E-state index contributed by atoms with van der Waals surface area (Å²) in [6, 6.07) is 12.4. The maximum Gasteiger partial charge on any atom is 0.257 e. The average Bonchev–Trinajstić information content (AvgIpc) is 3.23. The molecule has 8 heteroatoms. The Balaban J connectivity index is 1.58. The third kappa shape index (κ3) is 3.75. The third-order valence-corrected chi connectivity index (χ3v) is 5.47. The van der Waals surface area contributed by atoms with Crippen LogP contribution in [0.15, 0.2) is 42.5 Å². The lowest BCUT2D eigenvalue weighted by atomic mass is 9.87. The van der Waals surface area contributed by atoms with Gasteiger partial charge in [-0.2, -0.15) is 4.52 Å². The van der Waals surface area contributed by atoms with E-state index in [-0.39, 0.29) is 17.1 Å². The molecule has 4 aromatic rings. The van der Waals surface area contributed by atoms with Crippen LogP contribution in [0.4, 0.5) is 9.52 Å². The Morgan fingerprint density at radius 2 is 1.83 bits per heavy atom. The van der Waals surface area contributed by atoms with Crippen molar-refractivity contribution in [3.05, 3.63) is 65.0 Å². The summed E-state index contributed by atoms with van der Waals surface area (Å²) >= 11 is 1.20. The Bertz CT molecular complexity index is 1200. The van der Waals surface area contributed by atoms with Crippen LogP contribution in [0.5, 0.6) is 0 Å². The SMILES string of the molecule is Cc1ccc(-c2nnc3sc(NC(=O)c4ccc(C(C)(C)C)cc4)nn23)cc1F. The lowest BCUT2D eigenvalue weighted by molar-refractivity contribution is 0.102. The molecule has 2 heterocycles. The zero-order chi connectivity index (χ0) is 20.8. The zero-order valence-electron chi connectivity index (χ0n) is 16.5. The van der Waals surface area contributed by atoms with Gasteiger partial charge in [0.2, 0.25) is 10.1 Å². The Kier molecular flexibility index (Phi) is 4.66. The van der Waals surface area contributed by atoms with Crippen LogP contribution in [0.2, 0.25) is 0 Å². The van der Waals surface area contributed by atoms with Gasteiger partial charge in [-0.3, -0.25) is 10.1 Å². The van der Waals surface area contributed by atoms with Crippen LogP contribution in [-0.4, -0.2) is 25.7 Å². The van der Waals surface area contributed by atoms with Crippen molar-refractivity contribution >= 4 is 27.3 Å². The molecule has 0 atom stereocenters. The highest BCUT2D eigenvalue weighted by Gasteiger charge is 2.17. The van der Waals surface area contributed by atoms with Crippen LogP contribution >= 0.6 is 11.3 Å². The minimum absolute atomic E-state index is 0.0223. The summed E-state index contributed by atoms with van der Waals surface area (Å²) in [4.78, 5) is 13.1. The molecule has 6 nitrogen and oxygen atoms in total. The number of fused-ring (bicyclic) bond motifs is 1. The second-order valence-corrected chi connectivity index (χ2v) is 8.83. The Morgan fingerprint density at radius 1 is 1.10 bits per heavy atom. The molecule has 0 aliphatic rings. The van der Waals surface area contributed by atoms with E-state index in [9.17, 15) is 9.18 Å². The third-order valence-electron chi connectivity index (χ3n) is 4.65. The predicted molar refractivity (Wildman–Crippen MR) is 112 cm³/mol. The first kappa shape index (κ1) is 19.2. The highest BCUT2D eigenvalue weighted by atomic mass is 32.1. The molecule has 0 radical (unpaired) electrons. The molecule has 0 unspecified atom stereocenters. The number of carbonyl (C=O) groups excluding carboxylic acids is 1. The van der Waals surface area contributed by atoms with Crippen LogP contribution in [-0.2, 0) is 5.41 Å². The van der Waals surface area contributed by atoms with E-state index < -0.39 is 0 Å². The van der Waals surface area contributed by atoms with Crippen LogP contribution in [0, 0.1) is 12.7 Å². The van der Waals surface area contributed by atoms with Gasteiger partial charge in [-0.15, -0.1) is 15.3 Å². The number of halogens is 1. The van der Waals surface area contributed by atoms with Crippen LogP contribution in [0.3, 0.4) is 0 Å². The number of hydrogen-bond acceptors (Lipinski definition) is 5. The van der Waals surface area contributed by atoms with Gasteiger partial charge in [0.25, 0.3) is 5.91 Å². The van der Waals surface area contributed by atoms with Gasteiger partial charge >= 0.3 is 0 Å². The van der Waals surface area contributed by atoms with E-state index >= 15 is 0 Å². The molecule has 4 rings (SSSR count). The molecule has 2 aromatic carbocycles. The summed E-state index contributed by atoms with van der Waals surface area (Å²) in [6.07, 6.45) is 0. The standard InChI is InChI=1S/C21H20FN5OS/c1-12-5-6-14(11-16(12)22)17-24-25-20-27(17)26-19(29-20)23-18(28)13-7-9-15(10-8-13)21(2,3)4/h5-11H,1-4H3,(H,23,26,28). The lowest BCUT2D eigenvalue weighted by Gasteiger charge is -2.18. The first-order valence-electron chi connectivity index (χ1n) is 9.13. The molecule has 0 spiro atoms. The first-order chi connectivity index (χ1) is 13.7. The number of anilines is 1. The molecule has 0 aliphatic heterocycles. The molecular weight excluding hydrogens is 389 g/mol. The molecule has 0 saturated heterocycles. The molecule has 0 fully saturated rings. The average molecular weight is 409 g/mol. The van der Waals surface area contributed by atoms with E-state index in [0.29, 0.717) is 32.6 Å². The van der Waals surface area contributed by atoms with Gasteiger partial charge in [-0.05, 0) is 41.7 Å². The Labute approximate surface area is 171 Å². The van der Waals surface area contributed by atoms with E-state index in [1.807, 2.05) is 12.1 Å². The molecule has 148 valence electrons. The van der Waals surface area contributed by atoms with E-state index in [1.165, 1.54) is 21.9 Å². The van der Waals surface area contributed by atoms with Gasteiger partial charge < -0.3 is 0 Å². The fraction of sp³-hybridized carbons (Fsp3) is 0.238. The van der Waals surface area contributed by atoms with Gasteiger partial charge in [-0.25, -0.2) is 4.39 Å². The van der Waals surface area contributed by atoms with Crippen molar-refractivity contribution in [2.24, 2.45) is 0 Å². The molecule has 1 N–H and O–H groups in total. The van der Waals surface area contributed by atoms with Crippen molar-refractivity contribution in [1.82, 2.24) is 19.8 Å². The molecular formula is C21H20FN5OS. The van der Waals surface area contributed by atoms with Crippen LogP contribution in [0.1, 0.15) is 42.3 Å². The monoisotopic (exact) mass is 409 g/mol. The summed E-state index contributed by atoms with van der Waals surface area (Å²) in [7, 11) is 0. The second kappa shape index (κ2) is 7.04. The van der Waals surface area contributed by atoms with Gasteiger partial charge in [0.05, 0.1) is 0 Å². The van der Waals surface area contributed by atoms with Crippen molar-refractivity contribution in [3.8, 4) is 11.4 Å². The number of aromatic nitrogens is 4. The molecule has 0 bridgehead atoms. The van der Waals surface area contributed by atoms with Gasteiger partial charge in [0.15, 0.2) is 5.82 Å². The molecule has 1 amide bonds.